The highest BCUT2D eigenvalue weighted by molar-refractivity contribution is 6.14. The first-order valence-corrected chi connectivity index (χ1v) is 13.4. The van der Waals surface area contributed by atoms with Crippen LogP contribution in [0.15, 0.2) is 42.6 Å². The number of rotatable bonds is 7. The fraction of sp³-hybridized carbons (Fsp3) is 0.357. The summed E-state index contributed by atoms with van der Waals surface area (Å²) in [6, 6.07) is 8.87. The van der Waals surface area contributed by atoms with E-state index >= 15 is 0 Å². The van der Waals surface area contributed by atoms with Crippen LogP contribution in [-0.4, -0.2) is 79.1 Å². The molecule has 1 aromatic heterocycles. The Kier molecular flexibility index (Phi) is 8.55. The van der Waals surface area contributed by atoms with Crippen LogP contribution in [0.25, 0.3) is 0 Å². The molecule has 2 aliphatic heterocycles. The average molecular weight is 566 g/mol. The number of ether oxygens (including phenoxy) is 1. The van der Waals surface area contributed by atoms with Gasteiger partial charge in [-0.3, -0.25) is 10.2 Å². The maximum Gasteiger partial charge on any atom is 0.258 e. The van der Waals surface area contributed by atoms with Gasteiger partial charge in [0, 0.05) is 69.1 Å². The van der Waals surface area contributed by atoms with Gasteiger partial charge >= 0.3 is 0 Å². The Labute approximate surface area is 236 Å². The zero-order valence-corrected chi connectivity index (χ0v) is 22.7. The molecule has 0 atom stereocenters. The lowest BCUT2D eigenvalue weighted by molar-refractivity contribution is 0.0904. The Morgan fingerprint density at radius 3 is 2.51 bits per heavy atom. The maximum absolute atomic E-state index is 14.0. The van der Waals surface area contributed by atoms with Crippen molar-refractivity contribution < 1.29 is 18.3 Å². The zero-order chi connectivity index (χ0) is 28.9. The van der Waals surface area contributed by atoms with E-state index in [0.717, 1.165) is 56.8 Å². The lowest BCUT2D eigenvalue weighted by Crippen LogP contribution is -2.44. The minimum Gasteiger partial charge on any atom is -0.383 e. The first-order chi connectivity index (χ1) is 19.8. The van der Waals surface area contributed by atoms with E-state index in [1.54, 1.807) is 6.07 Å². The van der Waals surface area contributed by atoms with Crippen molar-refractivity contribution in [1.82, 2.24) is 20.2 Å². The van der Waals surface area contributed by atoms with Gasteiger partial charge in [0.1, 0.15) is 23.3 Å². The van der Waals surface area contributed by atoms with Gasteiger partial charge in [0.25, 0.3) is 5.91 Å². The molecule has 2 fully saturated rings. The Morgan fingerprint density at radius 2 is 1.80 bits per heavy atom. The van der Waals surface area contributed by atoms with Crippen LogP contribution >= 0.6 is 0 Å². The van der Waals surface area contributed by atoms with Crippen LogP contribution in [0.4, 0.5) is 37.6 Å². The quantitative estimate of drug-likeness (QED) is 0.215. The molecule has 0 aliphatic carbocycles. The molecule has 0 radical (unpaired) electrons. The van der Waals surface area contributed by atoms with Gasteiger partial charge in [-0.25, -0.2) is 13.8 Å². The molecule has 216 valence electrons. The molecule has 5 rings (SSSR count). The van der Waals surface area contributed by atoms with Gasteiger partial charge in [0.05, 0.1) is 16.8 Å². The summed E-state index contributed by atoms with van der Waals surface area (Å²) in [5, 5.41) is 17.2. The zero-order valence-electron chi connectivity index (χ0n) is 22.7. The molecule has 0 unspecified atom stereocenters. The van der Waals surface area contributed by atoms with Gasteiger partial charge in [0.2, 0.25) is 5.95 Å². The molecule has 2 aliphatic rings. The highest BCUT2D eigenvalue weighted by Gasteiger charge is 2.22. The largest absolute Gasteiger partial charge is 0.383 e. The molecule has 1 amide bonds. The molecular formula is C28H33F2N9O2. The second kappa shape index (κ2) is 12.4. The molecule has 3 aromatic rings. The number of amides is 1. The smallest absolute Gasteiger partial charge is 0.258 e. The number of benzene rings is 2. The number of aromatic nitrogens is 2. The van der Waals surface area contributed by atoms with Crippen LogP contribution in [0.1, 0.15) is 28.8 Å². The lowest BCUT2D eigenvalue weighted by atomic mass is 10.1. The number of carbonyl (C=O) groups excluding carboxylic acids is 1. The Morgan fingerprint density at radius 1 is 1.05 bits per heavy atom. The fourth-order valence-electron chi connectivity index (χ4n) is 4.78. The predicted molar refractivity (Wildman–Crippen MR) is 154 cm³/mol. The van der Waals surface area contributed by atoms with Crippen molar-refractivity contribution in [3.8, 4) is 0 Å². The number of likely N-dealkylation sites (N-methyl/N-ethyl adjacent to an activating group) is 1. The lowest BCUT2D eigenvalue weighted by Gasteiger charge is -2.34. The predicted octanol–water partition coefficient (Wildman–Crippen LogP) is 3.18. The summed E-state index contributed by atoms with van der Waals surface area (Å²) >= 11 is 0. The van der Waals surface area contributed by atoms with E-state index in [1.165, 1.54) is 12.3 Å². The second-order valence-electron chi connectivity index (χ2n) is 10.1. The van der Waals surface area contributed by atoms with Crippen molar-refractivity contribution in [1.29, 1.82) is 5.41 Å². The number of amidine groups is 1. The molecule has 0 saturated carbocycles. The van der Waals surface area contributed by atoms with E-state index in [4.69, 9.17) is 15.9 Å². The average Bonchev–Trinajstić information content (AvgIpc) is 2.95. The Hall–Kier alpha value is -4.36. The number of anilines is 5. The van der Waals surface area contributed by atoms with E-state index in [9.17, 15) is 13.6 Å². The minimum atomic E-state index is -0.819. The van der Waals surface area contributed by atoms with Crippen LogP contribution in [0.5, 0.6) is 0 Å². The normalized spacial score (nSPS) is 16.3. The third-order valence-electron chi connectivity index (χ3n) is 7.20. The molecule has 11 nitrogen and oxygen atoms in total. The van der Waals surface area contributed by atoms with E-state index in [0.29, 0.717) is 24.5 Å². The van der Waals surface area contributed by atoms with Gasteiger partial charge in [-0.05, 0) is 50.2 Å². The number of hydrogen-bond acceptors (Lipinski definition) is 10. The third-order valence-corrected chi connectivity index (χ3v) is 7.20. The topological polar surface area (TPSA) is 145 Å². The molecule has 3 heterocycles. The van der Waals surface area contributed by atoms with Crippen molar-refractivity contribution in [3.63, 3.8) is 0 Å². The van der Waals surface area contributed by atoms with Crippen molar-refractivity contribution in [2.24, 2.45) is 0 Å². The van der Waals surface area contributed by atoms with Gasteiger partial charge < -0.3 is 36.2 Å². The van der Waals surface area contributed by atoms with Crippen LogP contribution in [0.3, 0.4) is 0 Å². The second-order valence-corrected chi connectivity index (χ2v) is 10.1. The number of nitrogens with zero attached hydrogens (tertiary/aromatic N) is 4. The summed E-state index contributed by atoms with van der Waals surface area (Å²) in [5.74, 6) is -2.44. The monoisotopic (exact) mass is 565 g/mol. The van der Waals surface area contributed by atoms with E-state index < -0.39 is 17.5 Å². The summed E-state index contributed by atoms with van der Waals surface area (Å²) < 4.78 is 32.7. The number of nitrogen functional groups attached to an aromatic ring is 1. The summed E-state index contributed by atoms with van der Waals surface area (Å²) in [4.78, 5) is 26.1. The molecular weight excluding hydrogens is 532 g/mol. The van der Waals surface area contributed by atoms with Gasteiger partial charge in [-0.1, -0.05) is 0 Å². The number of halogens is 2. The SMILES string of the molecule is CN1CCN(c2ccc(C(=O)NC(=N)c3cnc(Nc4ccc(F)cc4F)nc3N)c(NC3CCOCC3)c2)CC1. The first-order valence-electron chi connectivity index (χ1n) is 13.4. The minimum absolute atomic E-state index is 0.0356. The molecule has 2 aromatic carbocycles. The summed E-state index contributed by atoms with van der Waals surface area (Å²) in [5.41, 5.74) is 8.21. The van der Waals surface area contributed by atoms with Crippen molar-refractivity contribution in [2.75, 3.05) is 67.7 Å². The number of hydrogen-bond donors (Lipinski definition) is 5. The Balaban J connectivity index is 1.32. The maximum atomic E-state index is 14.0. The fourth-order valence-corrected chi connectivity index (χ4v) is 4.78. The number of nitrogens with one attached hydrogen (secondary N) is 4. The van der Waals surface area contributed by atoms with Crippen molar-refractivity contribution in [2.45, 2.75) is 18.9 Å². The highest BCUT2D eigenvalue weighted by atomic mass is 19.1. The standard InChI is InChI=1S/C28H33F2N9O2/c1-38-8-10-39(11-9-38)19-3-4-20(24(15-19)34-18-6-12-41-13-7-18)27(40)36-25(31)21-16-33-28(37-26(21)32)35-23-5-2-17(29)14-22(23)30/h2-5,14-16,18,34H,6-13H2,1H3,(H2,31,36,40)(H3,32,33,35,37). The number of nitrogens with two attached hydrogens (primary N) is 1. The van der Waals surface area contributed by atoms with Crippen LogP contribution in [-0.2, 0) is 4.74 Å². The molecule has 6 N–H and O–H groups in total. The molecule has 41 heavy (non-hydrogen) atoms. The van der Waals surface area contributed by atoms with Gasteiger partial charge in [0.15, 0.2) is 0 Å². The molecule has 0 spiro atoms. The van der Waals surface area contributed by atoms with Crippen LogP contribution < -0.4 is 26.6 Å². The van der Waals surface area contributed by atoms with E-state index in [-0.39, 0.29) is 34.9 Å². The summed E-state index contributed by atoms with van der Waals surface area (Å²) in [6.07, 6.45) is 2.91. The van der Waals surface area contributed by atoms with Crippen molar-refractivity contribution >= 4 is 40.6 Å². The van der Waals surface area contributed by atoms with E-state index in [2.05, 4.69) is 42.8 Å². The summed E-state index contributed by atoms with van der Waals surface area (Å²) in [7, 11) is 2.10. The number of piperazine rings is 1. The Bertz CT molecular complexity index is 1420. The van der Waals surface area contributed by atoms with E-state index in [1.807, 2.05) is 12.1 Å². The van der Waals surface area contributed by atoms with Crippen LogP contribution in [0.2, 0.25) is 0 Å². The number of carbonyl (C=O) groups is 1. The molecule has 2 saturated heterocycles. The highest BCUT2D eigenvalue weighted by Crippen LogP contribution is 2.27. The van der Waals surface area contributed by atoms with Gasteiger partial charge in [-0.15, -0.1) is 0 Å². The molecule has 13 heteroatoms. The first kappa shape index (κ1) is 28.2. The third kappa shape index (κ3) is 6.87. The molecule has 0 bridgehead atoms. The summed E-state index contributed by atoms with van der Waals surface area (Å²) in [6.45, 7) is 5.00. The van der Waals surface area contributed by atoms with Crippen molar-refractivity contribution in [3.05, 3.63) is 65.4 Å². The van der Waals surface area contributed by atoms with Gasteiger partial charge in [-0.2, -0.15) is 4.98 Å². The van der Waals surface area contributed by atoms with Crippen LogP contribution in [0, 0.1) is 17.0 Å².